The van der Waals surface area contributed by atoms with Gasteiger partial charge < -0.3 is 16.0 Å². The van der Waals surface area contributed by atoms with Gasteiger partial charge in [-0.15, -0.1) is 0 Å². The quantitative estimate of drug-likeness (QED) is 0.333. The van der Waals surface area contributed by atoms with Crippen molar-refractivity contribution < 1.29 is 0 Å². The highest BCUT2D eigenvalue weighted by Gasteiger charge is 1.96. The van der Waals surface area contributed by atoms with Gasteiger partial charge in [0.2, 0.25) is 0 Å². The van der Waals surface area contributed by atoms with Crippen molar-refractivity contribution in [3.05, 3.63) is 34.9 Å². The summed E-state index contributed by atoms with van der Waals surface area (Å²) in [5.41, 5.74) is 9.95. The Hall–Kier alpha value is -0.900. The first-order valence-electron chi connectivity index (χ1n) is 9.99. The van der Waals surface area contributed by atoms with E-state index < -0.39 is 0 Å². The molecule has 0 rings (SSSR count). The highest BCUT2D eigenvalue weighted by molar-refractivity contribution is 5.05. The second-order valence-electron chi connectivity index (χ2n) is 7.46. The standard InChI is InChI=1S/C22H43N3/c1-20(2)10-6-11-21(3)12-7-13-22(4)14-17-24-16-9-19-25(5)18-8-15-23/h10,12,14,24H,6-9,11,13,15-19,23H2,1-5H3. The SMILES string of the molecule is CC(C)=CCCC(C)=CCCC(C)=CCNCCCN(C)CCCN. The Morgan fingerprint density at radius 1 is 0.880 bits per heavy atom. The van der Waals surface area contributed by atoms with Gasteiger partial charge in [0, 0.05) is 6.54 Å². The summed E-state index contributed by atoms with van der Waals surface area (Å²) in [7, 11) is 2.18. The van der Waals surface area contributed by atoms with Gasteiger partial charge in [-0.25, -0.2) is 0 Å². The highest BCUT2D eigenvalue weighted by atomic mass is 15.1. The van der Waals surface area contributed by atoms with E-state index in [2.05, 4.69) is 63.2 Å². The van der Waals surface area contributed by atoms with Crippen molar-refractivity contribution in [2.24, 2.45) is 5.73 Å². The van der Waals surface area contributed by atoms with Crippen LogP contribution in [0.4, 0.5) is 0 Å². The first-order valence-corrected chi connectivity index (χ1v) is 9.99. The fourth-order valence-electron chi connectivity index (χ4n) is 2.63. The van der Waals surface area contributed by atoms with E-state index >= 15 is 0 Å². The minimum atomic E-state index is 0.789. The van der Waals surface area contributed by atoms with Gasteiger partial charge in [0.05, 0.1) is 0 Å². The zero-order chi connectivity index (χ0) is 18.9. The topological polar surface area (TPSA) is 41.3 Å². The molecule has 3 nitrogen and oxygen atoms in total. The Morgan fingerprint density at radius 2 is 1.48 bits per heavy atom. The van der Waals surface area contributed by atoms with Gasteiger partial charge >= 0.3 is 0 Å². The van der Waals surface area contributed by atoms with Crippen LogP contribution in [0.5, 0.6) is 0 Å². The largest absolute Gasteiger partial charge is 0.330 e. The first-order chi connectivity index (χ1) is 12.0. The molecule has 0 bridgehead atoms. The lowest BCUT2D eigenvalue weighted by atomic mass is 10.1. The molecule has 3 heteroatoms. The summed E-state index contributed by atoms with van der Waals surface area (Å²) < 4.78 is 0. The minimum absolute atomic E-state index is 0.789. The third kappa shape index (κ3) is 17.7. The molecule has 0 radical (unpaired) electrons. The molecule has 0 unspecified atom stereocenters. The van der Waals surface area contributed by atoms with Gasteiger partial charge in [-0.05, 0) is 99.4 Å². The van der Waals surface area contributed by atoms with Crippen molar-refractivity contribution in [1.82, 2.24) is 10.2 Å². The second kappa shape index (κ2) is 16.6. The van der Waals surface area contributed by atoms with Gasteiger partial charge in [-0.1, -0.05) is 34.9 Å². The molecule has 0 aliphatic heterocycles. The maximum atomic E-state index is 5.53. The number of rotatable bonds is 15. The van der Waals surface area contributed by atoms with Gasteiger partial charge in [0.1, 0.15) is 0 Å². The lowest BCUT2D eigenvalue weighted by Crippen LogP contribution is -2.26. The molecular weight excluding hydrogens is 306 g/mol. The summed E-state index contributed by atoms with van der Waals surface area (Å²) in [4.78, 5) is 2.36. The van der Waals surface area contributed by atoms with E-state index in [1.807, 2.05) is 0 Å². The lowest BCUT2D eigenvalue weighted by molar-refractivity contribution is 0.325. The number of hydrogen-bond donors (Lipinski definition) is 2. The normalized spacial score (nSPS) is 12.8. The fraction of sp³-hybridized carbons (Fsp3) is 0.727. The average Bonchev–Trinajstić information content (AvgIpc) is 2.55. The van der Waals surface area contributed by atoms with Crippen LogP contribution in [-0.4, -0.2) is 44.7 Å². The predicted octanol–water partition coefficient (Wildman–Crippen LogP) is 4.67. The smallest absolute Gasteiger partial charge is 0.0137 e. The average molecular weight is 350 g/mol. The van der Waals surface area contributed by atoms with Crippen molar-refractivity contribution >= 4 is 0 Å². The third-order valence-electron chi connectivity index (χ3n) is 4.35. The molecule has 0 aromatic carbocycles. The Balaban J connectivity index is 3.69. The maximum absolute atomic E-state index is 5.53. The van der Waals surface area contributed by atoms with Crippen LogP contribution in [-0.2, 0) is 0 Å². The predicted molar refractivity (Wildman–Crippen MR) is 114 cm³/mol. The van der Waals surface area contributed by atoms with Gasteiger partial charge in [-0.2, -0.15) is 0 Å². The maximum Gasteiger partial charge on any atom is 0.0137 e. The van der Waals surface area contributed by atoms with Crippen molar-refractivity contribution in [2.75, 3.05) is 39.8 Å². The Labute approximate surface area is 157 Å². The zero-order valence-corrected chi connectivity index (χ0v) is 17.5. The van der Waals surface area contributed by atoms with Crippen LogP contribution in [0.3, 0.4) is 0 Å². The summed E-state index contributed by atoms with van der Waals surface area (Å²) in [5, 5.41) is 3.52. The number of nitrogens with zero attached hydrogens (tertiary/aromatic N) is 1. The van der Waals surface area contributed by atoms with E-state index in [9.17, 15) is 0 Å². The van der Waals surface area contributed by atoms with Crippen LogP contribution >= 0.6 is 0 Å². The Kier molecular flexibility index (Phi) is 16.0. The van der Waals surface area contributed by atoms with E-state index in [1.165, 1.54) is 42.4 Å². The van der Waals surface area contributed by atoms with Crippen molar-refractivity contribution in [3.63, 3.8) is 0 Å². The van der Waals surface area contributed by atoms with Crippen molar-refractivity contribution in [1.29, 1.82) is 0 Å². The molecule has 0 fully saturated rings. The van der Waals surface area contributed by atoms with Gasteiger partial charge in [0.25, 0.3) is 0 Å². The number of allylic oxidation sites excluding steroid dienone is 5. The molecule has 0 saturated heterocycles. The van der Waals surface area contributed by atoms with Crippen LogP contribution in [0.1, 0.15) is 66.2 Å². The molecule has 0 atom stereocenters. The molecule has 146 valence electrons. The van der Waals surface area contributed by atoms with Gasteiger partial charge in [0.15, 0.2) is 0 Å². The molecule has 3 N–H and O–H groups in total. The summed E-state index contributed by atoms with van der Waals surface area (Å²) in [6.45, 7) is 13.9. The molecule has 0 aliphatic carbocycles. The second-order valence-corrected chi connectivity index (χ2v) is 7.46. The van der Waals surface area contributed by atoms with E-state index in [1.54, 1.807) is 0 Å². The van der Waals surface area contributed by atoms with Crippen molar-refractivity contribution in [3.8, 4) is 0 Å². The van der Waals surface area contributed by atoms with Gasteiger partial charge in [-0.3, -0.25) is 0 Å². The molecule has 0 amide bonds. The molecule has 25 heavy (non-hydrogen) atoms. The van der Waals surface area contributed by atoms with Crippen LogP contribution in [0.2, 0.25) is 0 Å². The zero-order valence-electron chi connectivity index (χ0n) is 17.5. The van der Waals surface area contributed by atoms with Crippen LogP contribution in [0.25, 0.3) is 0 Å². The molecular formula is C22H43N3. The fourth-order valence-corrected chi connectivity index (χ4v) is 2.63. The number of nitrogens with two attached hydrogens (primary N) is 1. The molecule has 0 aromatic rings. The number of hydrogen-bond acceptors (Lipinski definition) is 3. The molecule has 0 aromatic heterocycles. The summed E-state index contributed by atoms with van der Waals surface area (Å²) >= 11 is 0. The van der Waals surface area contributed by atoms with Crippen molar-refractivity contribution in [2.45, 2.75) is 66.2 Å². The third-order valence-corrected chi connectivity index (χ3v) is 4.35. The van der Waals surface area contributed by atoms with E-state index in [4.69, 9.17) is 5.73 Å². The lowest BCUT2D eigenvalue weighted by Gasteiger charge is -2.15. The Morgan fingerprint density at radius 3 is 2.12 bits per heavy atom. The first kappa shape index (κ1) is 24.1. The number of nitrogens with one attached hydrogen (secondary N) is 1. The monoisotopic (exact) mass is 349 g/mol. The van der Waals surface area contributed by atoms with Crippen LogP contribution < -0.4 is 11.1 Å². The molecule has 0 saturated carbocycles. The van der Waals surface area contributed by atoms with E-state index in [0.717, 1.165) is 45.6 Å². The summed E-state index contributed by atoms with van der Waals surface area (Å²) in [5.74, 6) is 0. The molecule has 0 spiro atoms. The summed E-state index contributed by atoms with van der Waals surface area (Å²) in [6, 6.07) is 0. The minimum Gasteiger partial charge on any atom is -0.330 e. The van der Waals surface area contributed by atoms with Crippen LogP contribution in [0.15, 0.2) is 34.9 Å². The molecule has 0 heterocycles. The summed E-state index contributed by atoms with van der Waals surface area (Å²) in [6.07, 6.45) is 14.0. The van der Waals surface area contributed by atoms with E-state index in [0.29, 0.717) is 0 Å². The van der Waals surface area contributed by atoms with Crippen LogP contribution in [0, 0.1) is 0 Å². The Bertz CT molecular complexity index is 403. The highest BCUT2D eigenvalue weighted by Crippen LogP contribution is 2.11. The molecule has 0 aliphatic rings. The van der Waals surface area contributed by atoms with E-state index in [-0.39, 0.29) is 0 Å².